The van der Waals surface area contributed by atoms with E-state index in [1.54, 1.807) is 57.2 Å². The van der Waals surface area contributed by atoms with E-state index in [0.717, 1.165) is 11.1 Å². The lowest BCUT2D eigenvalue weighted by molar-refractivity contribution is -0.140. The molecular weight excluding hydrogens is 516 g/mol. The number of terminal acetylenes is 1. The van der Waals surface area contributed by atoms with E-state index in [-0.39, 0.29) is 6.42 Å². The third-order valence-electron chi connectivity index (χ3n) is 6.15. The Morgan fingerprint density at radius 3 is 2.20 bits per heavy atom. The van der Waals surface area contributed by atoms with Gasteiger partial charge < -0.3 is 20.3 Å². The van der Waals surface area contributed by atoms with Gasteiger partial charge in [0.25, 0.3) is 5.91 Å². The van der Waals surface area contributed by atoms with E-state index in [1.807, 2.05) is 55.5 Å². The van der Waals surface area contributed by atoms with Crippen LogP contribution < -0.4 is 10.6 Å². The van der Waals surface area contributed by atoms with Crippen LogP contribution in [0.3, 0.4) is 0 Å². The van der Waals surface area contributed by atoms with Gasteiger partial charge in [0.05, 0.1) is 6.07 Å². The number of alkyl carbamates (subject to hydrolysis) is 1. The number of nitrogens with one attached hydrogen (secondary N) is 2. The number of benzene rings is 3. The van der Waals surface area contributed by atoms with Gasteiger partial charge in [-0.05, 0) is 62.6 Å². The number of carbonyl (C=O) groups excluding carboxylic acids is 3. The van der Waals surface area contributed by atoms with Crippen LogP contribution in [0.5, 0.6) is 0 Å². The normalized spacial score (nSPS) is 12.1. The number of ether oxygens (including phenoxy) is 1. The van der Waals surface area contributed by atoms with Crippen LogP contribution in [-0.2, 0) is 20.7 Å². The van der Waals surface area contributed by atoms with Gasteiger partial charge in [0.15, 0.2) is 0 Å². The second-order valence-electron chi connectivity index (χ2n) is 10.5. The van der Waals surface area contributed by atoms with Gasteiger partial charge in [-0.1, -0.05) is 66.6 Å². The second-order valence-corrected chi connectivity index (χ2v) is 10.5. The fourth-order valence-corrected chi connectivity index (χ4v) is 4.22. The number of amides is 3. The van der Waals surface area contributed by atoms with Crippen LogP contribution in [0.4, 0.5) is 10.5 Å². The Morgan fingerprint density at radius 2 is 1.61 bits per heavy atom. The summed E-state index contributed by atoms with van der Waals surface area (Å²) in [5.74, 6) is 1.40. The number of hydrogen-bond acceptors (Lipinski definition) is 5. The molecule has 0 aromatic heterocycles. The molecule has 210 valence electrons. The van der Waals surface area contributed by atoms with Crippen molar-refractivity contribution in [3.63, 3.8) is 0 Å². The van der Waals surface area contributed by atoms with Crippen molar-refractivity contribution in [1.82, 2.24) is 10.2 Å². The molecule has 0 fully saturated rings. The van der Waals surface area contributed by atoms with Crippen LogP contribution in [0, 0.1) is 30.6 Å². The summed E-state index contributed by atoms with van der Waals surface area (Å²) >= 11 is 0. The number of rotatable bonds is 9. The van der Waals surface area contributed by atoms with Gasteiger partial charge in [-0.15, -0.1) is 6.42 Å². The topological polar surface area (TPSA) is 112 Å². The van der Waals surface area contributed by atoms with E-state index in [0.29, 0.717) is 16.8 Å². The highest BCUT2D eigenvalue weighted by Crippen LogP contribution is 2.26. The molecule has 0 saturated heterocycles. The van der Waals surface area contributed by atoms with Gasteiger partial charge in [-0.25, -0.2) is 4.79 Å². The highest BCUT2D eigenvalue weighted by molar-refractivity contribution is 5.99. The molecule has 2 unspecified atom stereocenters. The van der Waals surface area contributed by atoms with Crippen molar-refractivity contribution in [2.24, 2.45) is 0 Å². The highest BCUT2D eigenvalue weighted by atomic mass is 16.6. The van der Waals surface area contributed by atoms with E-state index in [9.17, 15) is 19.6 Å². The smallest absolute Gasteiger partial charge is 0.408 e. The summed E-state index contributed by atoms with van der Waals surface area (Å²) in [6, 6.07) is 22.7. The summed E-state index contributed by atoms with van der Waals surface area (Å²) in [4.78, 5) is 42.0. The summed E-state index contributed by atoms with van der Waals surface area (Å²) < 4.78 is 5.42. The Morgan fingerprint density at radius 1 is 0.976 bits per heavy atom. The molecule has 3 amide bonds. The highest BCUT2D eigenvalue weighted by Gasteiger charge is 2.36. The number of carbonyl (C=O) groups is 3. The summed E-state index contributed by atoms with van der Waals surface area (Å²) in [6.45, 7) is 6.59. The zero-order valence-corrected chi connectivity index (χ0v) is 23.7. The zero-order chi connectivity index (χ0) is 30.0. The van der Waals surface area contributed by atoms with Crippen molar-refractivity contribution >= 4 is 23.6 Å². The van der Waals surface area contributed by atoms with Crippen LogP contribution in [0.15, 0.2) is 78.9 Å². The molecule has 2 N–H and O–H groups in total. The molecule has 8 heteroatoms. The quantitative estimate of drug-likeness (QED) is 0.283. The fraction of sp³-hybridized carbons (Fsp3) is 0.273. The van der Waals surface area contributed by atoms with Gasteiger partial charge in [-0.2, -0.15) is 5.26 Å². The van der Waals surface area contributed by atoms with Crippen LogP contribution in [0.2, 0.25) is 0 Å². The molecule has 41 heavy (non-hydrogen) atoms. The van der Waals surface area contributed by atoms with Crippen LogP contribution in [0.25, 0.3) is 0 Å². The number of para-hydroxylation sites is 1. The maximum Gasteiger partial charge on any atom is 0.408 e. The van der Waals surface area contributed by atoms with Crippen LogP contribution in [0.1, 0.15) is 49.1 Å². The molecule has 0 radical (unpaired) electrons. The summed E-state index contributed by atoms with van der Waals surface area (Å²) in [6.07, 6.45) is 4.85. The molecule has 0 aliphatic rings. The number of aryl methyl sites for hydroxylation is 1. The van der Waals surface area contributed by atoms with E-state index in [1.165, 1.54) is 4.90 Å². The van der Waals surface area contributed by atoms with Crippen LogP contribution in [-0.4, -0.2) is 41.0 Å². The molecular formula is C33H34N4O4. The minimum Gasteiger partial charge on any atom is -0.444 e. The van der Waals surface area contributed by atoms with Crippen molar-refractivity contribution in [3.05, 3.63) is 101 Å². The summed E-state index contributed by atoms with van der Waals surface area (Å²) in [5.41, 5.74) is 2.42. The number of hydrogen-bond donors (Lipinski definition) is 2. The predicted molar refractivity (Wildman–Crippen MR) is 158 cm³/mol. The van der Waals surface area contributed by atoms with E-state index in [2.05, 4.69) is 16.6 Å². The van der Waals surface area contributed by atoms with Crippen molar-refractivity contribution < 1.29 is 19.1 Å². The van der Waals surface area contributed by atoms with E-state index < -0.39 is 42.1 Å². The molecule has 0 heterocycles. The third kappa shape index (κ3) is 8.71. The lowest BCUT2D eigenvalue weighted by Crippen LogP contribution is -2.53. The SMILES string of the molecule is C#Cc1ccc(C(C(=O)Nc2ccccc2C)N(CC#N)C(=O)C(Cc2ccccc2)NC(=O)OC(C)(C)C)cc1. The molecule has 0 aliphatic carbocycles. The Bertz CT molecular complexity index is 1450. The summed E-state index contributed by atoms with van der Waals surface area (Å²) in [5, 5.41) is 15.3. The lowest BCUT2D eigenvalue weighted by atomic mass is 9.99. The van der Waals surface area contributed by atoms with Gasteiger partial charge in [0, 0.05) is 17.7 Å². The Kier molecular flexibility index (Phi) is 10.3. The first-order valence-corrected chi connectivity index (χ1v) is 13.2. The van der Waals surface area contributed by atoms with Crippen LogP contribution >= 0.6 is 0 Å². The minimum absolute atomic E-state index is 0.114. The molecule has 8 nitrogen and oxygen atoms in total. The molecule has 0 bridgehead atoms. The van der Waals surface area contributed by atoms with Crippen molar-refractivity contribution in [2.75, 3.05) is 11.9 Å². The van der Waals surface area contributed by atoms with Crippen molar-refractivity contribution in [3.8, 4) is 18.4 Å². The summed E-state index contributed by atoms with van der Waals surface area (Å²) in [7, 11) is 0. The molecule has 3 rings (SSSR count). The first-order chi connectivity index (χ1) is 19.5. The molecule has 0 aliphatic heterocycles. The van der Waals surface area contributed by atoms with Gasteiger partial charge in [-0.3, -0.25) is 9.59 Å². The Labute approximate surface area is 241 Å². The second kappa shape index (κ2) is 13.8. The monoisotopic (exact) mass is 550 g/mol. The van der Waals surface area contributed by atoms with Gasteiger partial charge in [0.1, 0.15) is 24.2 Å². The third-order valence-corrected chi connectivity index (χ3v) is 6.15. The largest absolute Gasteiger partial charge is 0.444 e. The number of nitriles is 1. The average molecular weight is 551 g/mol. The Balaban J connectivity index is 2.05. The van der Waals surface area contributed by atoms with Crippen molar-refractivity contribution in [2.45, 2.75) is 51.8 Å². The van der Waals surface area contributed by atoms with E-state index >= 15 is 0 Å². The lowest BCUT2D eigenvalue weighted by Gasteiger charge is -2.33. The molecule has 2 atom stereocenters. The maximum atomic E-state index is 14.2. The number of nitrogens with zero attached hydrogens (tertiary/aromatic N) is 2. The zero-order valence-electron chi connectivity index (χ0n) is 23.7. The fourth-order valence-electron chi connectivity index (χ4n) is 4.22. The first kappa shape index (κ1) is 30.5. The minimum atomic E-state index is -1.20. The average Bonchev–Trinajstić information content (AvgIpc) is 2.93. The molecule has 0 spiro atoms. The number of anilines is 1. The molecule has 3 aromatic carbocycles. The van der Waals surface area contributed by atoms with Crippen molar-refractivity contribution in [1.29, 1.82) is 5.26 Å². The predicted octanol–water partition coefficient (Wildman–Crippen LogP) is 5.14. The van der Waals surface area contributed by atoms with Gasteiger partial charge >= 0.3 is 6.09 Å². The van der Waals surface area contributed by atoms with Gasteiger partial charge in [0.2, 0.25) is 5.91 Å². The molecule has 0 saturated carbocycles. The first-order valence-electron chi connectivity index (χ1n) is 13.2. The maximum absolute atomic E-state index is 14.2. The van der Waals surface area contributed by atoms with E-state index in [4.69, 9.17) is 11.2 Å². The molecule has 3 aromatic rings. The Hall–Kier alpha value is -5.08. The standard InChI is InChI=1S/C33H34N4O4/c1-6-24-16-18-26(19-17-24)29(30(38)35-27-15-11-10-12-23(27)2)37(21-20-34)31(39)28(22-25-13-8-7-9-14-25)36-32(40)41-33(3,4)5/h1,7-19,28-29H,21-22H2,2-5H3,(H,35,38)(H,36,40).